The number of ether oxygens (including phenoxy) is 1. The number of aromatic amines is 1. The number of hydrogen-bond acceptors (Lipinski definition) is 9. The van der Waals surface area contributed by atoms with Gasteiger partial charge in [0.1, 0.15) is 30.2 Å². The number of hydrogen-bond donors (Lipinski definition) is 2. The standard InChI is InChI=1S/C23H32N8O4S/c1-4-13-35-19-9-8-17(36(33,34)26-10-6-11-29(2)3)14-18(19)30-16-31-20(7-5-12-32)27-28-23(31)21-22(30)25-15-24-21/h8-9,12,14-15,26H,4-7,10-11,13,16H2,1-3H3,(H,24,25). The molecule has 0 spiro atoms. The van der Waals surface area contributed by atoms with E-state index in [9.17, 15) is 13.2 Å². The van der Waals surface area contributed by atoms with Crippen LogP contribution in [0, 0.1) is 0 Å². The predicted octanol–water partition coefficient (Wildman–Crippen LogP) is 1.93. The molecule has 3 heterocycles. The maximum atomic E-state index is 13.1. The molecule has 0 aliphatic carbocycles. The van der Waals surface area contributed by atoms with Gasteiger partial charge in [-0.15, -0.1) is 10.2 Å². The summed E-state index contributed by atoms with van der Waals surface area (Å²) in [5, 5.41) is 8.56. The van der Waals surface area contributed by atoms with Gasteiger partial charge in [-0.3, -0.25) is 4.57 Å². The van der Waals surface area contributed by atoms with Gasteiger partial charge in [-0.25, -0.2) is 18.1 Å². The molecule has 194 valence electrons. The summed E-state index contributed by atoms with van der Waals surface area (Å²) in [5.74, 6) is 2.40. The molecule has 2 N–H and O–H groups in total. The van der Waals surface area contributed by atoms with Gasteiger partial charge in [-0.2, -0.15) is 0 Å². The van der Waals surface area contributed by atoms with Crippen molar-refractivity contribution in [3.05, 3.63) is 30.4 Å². The van der Waals surface area contributed by atoms with Crippen molar-refractivity contribution in [3.8, 4) is 17.3 Å². The van der Waals surface area contributed by atoms with E-state index in [1.807, 2.05) is 35.4 Å². The molecule has 0 saturated heterocycles. The number of carbonyl (C=O) groups excluding carboxylic acids is 1. The molecule has 1 aromatic carbocycles. The minimum absolute atomic E-state index is 0.138. The molecule has 0 radical (unpaired) electrons. The third-order valence-corrected chi connectivity index (χ3v) is 7.22. The Bertz CT molecular complexity index is 1300. The topological polar surface area (TPSA) is 138 Å². The summed E-state index contributed by atoms with van der Waals surface area (Å²) >= 11 is 0. The number of H-pyrrole nitrogens is 1. The smallest absolute Gasteiger partial charge is 0.240 e. The quantitative estimate of drug-likeness (QED) is 0.258. The Morgan fingerprint density at radius 2 is 2.11 bits per heavy atom. The highest BCUT2D eigenvalue weighted by atomic mass is 32.2. The number of anilines is 2. The molecule has 0 saturated carbocycles. The van der Waals surface area contributed by atoms with E-state index in [0.717, 1.165) is 19.3 Å². The second-order valence-electron chi connectivity index (χ2n) is 8.78. The zero-order chi connectivity index (χ0) is 25.7. The normalized spacial score (nSPS) is 13.1. The first-order valence-corrected chi connectivity index (χ1v) is 13.4. The van der Waals surface area contributed by atoms with Crippen LogP contribution in [0.1, 0.15) is 32.0 Å². The summed E-state index contributed by atoms with van der Waals surface area (Å²) in [4.78, 5) is 22.6. The SMILES string of the molecule is CCCOc1ccc(S(=O)(=O)NCCCN(C)C)cc1N1Cn2c(CCC=O)nnc2-c2[nH]cnc21. The van der Waals surface area contributed by atoms with Gasteiger partial charge in [0.05, 0.1) is 23.5 Å². The fourth-order valence-electron chi connectivity index (χ4n) is 3.99. The first kappa shape index (κ1) is 25.8. The maximum Gasteiger partial charge on any atom is 0.240 e. The Morgan fingerprint density at radius 1 is 1.28 bits per heavy atom. The maximum absolute atomic E-state index is 13.1. The predicted molar refractivity (Wildman–Crippen MR) is 135 cm³/mol. The minimum atomic E-state index is -3.74. The number of aromatic nitrogens is 5. The third kappa shape index (κ3) is 5.42. The van der Waals surface area contributed by atoms with E-state index in [-0.39, 0.29) is 11.6 Å². The van der Waals surface area contributed by atoms with Crippen molar-refractivity contribution < 1.29 is 17.9 Å². The van der Waals surface area contributed by atoms with Crippen LogP contribution in [0.2, 0.25) is 0 Å². The van der Waals surface area contributed by atoms with Crippen LogP contribution in [0.3, 0.4) is 0 Å². The molecule has 1 aliphatic rings. The molecule has 0 bridgehead atoms. The molecule has 13 heteroatoms. The molecular weight excluding hydrogens is 484 g/mol. The lowest BCUT2D eigenvalue weighted by Gasteiger charge is -2.30. The molecule has 3 aromatic rings. The second kappa shape index (κ2) is 11.2. The summed E-state index contributed by atoms with van der Waals surface area (Å²) in [6, 6.07) is 4.84. The molecule has 0 unspecified atom stereocenters. The lowest BCUT2D eigenvalue weighted by atomic mass is 10.2. The largest absolute Gasteiger partial charge is 0.491 e. The Balaban J connectivity index is 1.71. The first-order valence-electron chi connectivity index (χ1n) is 11.9. The number of fused-ring (bicyclic) bond motifs is 3. The van der Waals surface area contributed by atoms with Crippen LogP contribution in [0.4, 0.5) is 11.5 Å². The number of rotatable bonds is 13. The van der Waals surface area contributed by atoms with Crippen LogP contribution in [0.25, 0.3) is 11.5 Å². The summed E-state index contributed by atoms with van der Waals surface area (Å²) in [7, 11) is 0.156. The van der Waals surface area contributed by atoms with Gasteiger partial charge in [-0.05, 0) is 51.7 Å². The van der Waals surface area contributed by atoms with Crippen molar-refractivity contribution >= 4 is 27.8 Å². The van der Waals surface area contributed by atoms with E-state index in [0.29, 0.717) is 67.0 Å². The number of aldehydes is 1. The van der Waals surface area contributed by atoms with E-state index in [2.05, 4.69) is 24.9 Å². The highest BCUT2D eigenvalue weighted by Gasteiger charge is 2.31. The van der Waals surface area contributed by atoms with E-state index >= 15 is 0 Å². The van der Waals surface area contributed by atoms with Crippen molar-refractivity contribution in [2.45, 2.75) is 44.2 Å². The molecule has 1 aliphatic heterocycles. The number of nitrogens with zero attached hydrogens (tertiary/aromatic N) is 6. The lowest BCUT2D eigenvalue weighted by molar-refractivity contribution is -0.107. The monoisotopic (exact) mass is 516 g/mol. The highest BCUT2D eigenvalue weighted by molar-refractivity contribution is 7.89. The lowest BCUT2D eigenvalue weighted by Crippen LogP contribution is -2.29. The van der Waals surface area contributed by atoms with E-state index in [1.165, 1.54) is 0 Å². The highest BCUT2D eigenvalue weighted by Crippen LogP contribution is 2.42. The van der Waals surface area contributed by atoms with Crippen molar-refractivity contribution in [2.24, 2.45) is 0 Å². The zero-order valence-corrected chi connectivity index (χ0v) is 21.6. The Morgan fingerprint density at radius 3 is 2.86 bits per heavy atom. The fourth-order valence-corrected chi connectivity index (χ4v) is 5.08. The molecule has 2 aromatic heterocycles. The molecule has 0 amide bonds. The molecule has 12 nitrogen and oxygen atoms in total. The second-order valence-corrected chi connectivity index (χ2v) is 10.5. The number of benzene rings is 1. The van der Waals surface area contributed by atoms with Crippen LogP contribution < -0.4 is 14.4 Å². The number of carbonyl (C=O) groups is 1. The minimum Gasteiger partial charge on any atom is -0.491 e. The van der Waals surface area contributed by atoms with Crippen molar-refractivity contribution in [1.29, 1.82) is 0 Å². The van der Waals surface area contributed by atoms with E-state index < -0.39 is 10.0 Å². The van der Waals surface area contributed by atoms with Gasteiger partial charge in [0, 0.05) is 19.4 Å². The van der Waals surface area contributed by atoms with Gasteiger partial charge in [-0.1, -0.05) is 6.92 Å². The fraction of sp³-hybridized carbons (Fsp3) is 0.478. The molecule has 4 rings (SSSR count). The van der Waals surface area contributed by atoms with Crippen LogP contribution in [0.15, 0.2) is 29.4 Å². The van der Waals surface area contributed by atoms with E-state index in [1.54, 1.807) is 24.5 Å². The van der Waals surface area contributed by atoms with Gasteiger partial charge < -0.3 is 24.3 Å². The van der Waals surface area contributed by atoms with Crippen molar-refractivity contribution in [1.82, 2.24) is 34.4 Å². The number of imidazole rings is 1. The number of aryl methyl sites for hydroxylation is 1. The summed E-state index contributed by atoms with van der Waals surface area (Å²) < 4.78 is 36.8. The molecule has 36 heavy (non-hydrogen) atoms. The van der Waals surface area contributed by atoms with Gasteiger partial charge in [0.2, 0.25) is 10.0 Å². The zero-order valence-electron chi connectivity index (χ0n) is 20.8. The molecule has 0 atom stereocenters. The summed E-state index contributed by atoms with van der Waals surface area (Å²) in [6.45, 7) is 3.89. The molecular formula is C23H32N8O4S. The number of sulfonamides is 1. The van der Waals surface area contributed by atoms with Crippen LogP contribution in [-0.2, 0) is 27.9 Å². The van der Waals surface area contributed by atoms with Crippen molar-refractivity contribution in [3.63, 3.8) is 0 Å². The van der Waals surface area contributed by atoms with Gasteiger partial charge in [0.25, 0.3) is 0 Å². The Hall–Kier alpha value is -3.29. The molecule has 0 fully saturated rings. The summed E-state index contributed by atoms with van der Waals surface area (Å²) in [6.07, 6.45) is 4.67. The summed E-state index contributed by atoms with van der Waals surface area (Å²) in [5.41, 5.74) is 1.22. The third-order valence-electron chi connectivity index (χ3n) is 5.76. The van der Waals surface area contributed by atoms with Crippen LogP contribution in [0.5, 0.6) is 5.75 Å². The van der Waals surface area contributed by atoms with Crippen molar-refractivity contribution in [2.75, 3.05) is 38.7 Å². The Kier molecular flexibility index (Phi) is 8.01. The van der Waals surface area contributed by atoms with Crippen LogP contribution in [-0.4, -0.2) is 78.1 Å². The van der Waals surface area contributed by atoms with E-state index in [4.69, 9.17) is 4.74 Å². The number of nitrogens with one attached hydrogen (secondary N) is 2. The Labute approximate surface area is 210 Å². The van der Waals surface area contributed by atoms with Crippen LogP contribution >= 0.6 is 0 Å². The average molecular weight is 517 g/mol. The average Bonchev–Trinajstić information content (AvgIpc) is 3.50. The first-order chi connectivity index (χ1) is 17.4. The van der Waals surface area contributed by atoms with Gasteiger partial charge >= 0.3 is 0 Å². The van der Waals surface area contributed by atoms with Gasteiger partial charge in [0.15, 0.2) is 11.6 Å².